The molecule has 5 unspecified atom stereocenters. The lowest BCUT2D eigenvalue weighted by atomic mass is 9.73. The van der Waals surface area contributed by atoms with Gasteiger partial charge in [-0.2, -0.15) is 0 Å². The van der Waals surface area contributed by atoms with E-state index in [0.29, 0.717) is 12.8 Å². The Hall–Kier alpha value is -1.58. The number of nitrogens with zero attached hydrogens (tertiary/aromatic N) is 1. The molecule has 0 aromatic carbocycles. The van der Waals surface area contributed by atoms with Crippen LogP contribution in [-0.4, -0.2) is 45.8 Å². The molecule has 2 rings (SSSR count). The Bertz CT molecular complexity index is 521. The van der Waals surface area contributed by atoms with Crippen molar-refractivity contribution in [2.45, 2.75) is 64.1 Å². The second-order valence-electron chi connectivity index (χ2n) is 6.67. The maximum atomic E-state index is 10.4. The Morgan fingerprint density at radius 2 is 2.25 bits per heavy atom. The van der Waals surface area contributed by atoms with Crippen LogP contribution in [0.1, 0.15) is 51.9 Å². The maximum Gasteiger partial charge on any atom is 0.306 e. The van der Waals surface area contributed by atoms with Gasteiger partial charge in [-0.25, -0.2) is 0 Å². The standard InChI is InChI=1S/C18H27NO5/c1-2-3-4-5-13(20)7-6-12-10-14-15(18(12)23)11-16(14)19-24-9-8-17(21)22/h12-15,18,20,23H,2-5,8-11H2,1H3,(H,21,22). The number of aliphatic hydroxyl groups excluding tert-OH is 2. The molecule has 0 saturated heterocycles. The summed E-state index contributed by atoms with van der Waals surface area (Å²) in [7, 11) is 0. The highest BCUT2D eigenvalue weighted by molar-refractivity contribution is 5.93. The number of hydrogen-bond donors (Lipinski definition) is 3. The molecule has 24 heavy (non-hydrogen) atoms. The molecule has 134 valence electrons. The van der Waals surface area contributed by atoms with E-state index in [9.17, 15) is 15.0 Å². The van der Waals surface area contributed by atoms with Crippen LogP contribution in [0.5, 0.6) is 0 Å². The third-order valence-electron chi connectivity index (χ3n) is 4.85. The highest BCUT2D eigenvalue weighted by Crippen LogP contribution is 2.47. The normalized spacial score (nSPS) is 30.9. The summed E-state index contributed by atoms with van der Waals surface area (Å²) in [5.41, 5.74) is 0.886. The second kappa shape index (κ2) is 9.05. The van der Waals surface area contributed by atoms with Crippen molar-refractivity contribution in [1.29, 1.82) is 0 Å². The molecule has 0 amide bonds. The molecule has 0 aliphatic heterocycles. The van der Waals surface area contributed by atoms with Gasteiger partial charge in [0.2, 0.25) is 0 Å². The summed E-state index contributed by atoms with van der Waals surface area (Å²) in [4.78, 5) is 15.4. The van der Waals surface area contributed by atoms with Crippen LogP contribution < -0.4 is 0 Å². The largest absolute Gasteiger partial charge is 0.481 e. The predicted octanol–water partition coefficient (Wildman–Crippen LogP) is 1.80. The number of unbranched alkanes of at least 4 members (excludes halogenated alkanes) is 2. The molecule has 0 aromatic rings. The minimum absolute atomic E-state index is 0.0615. The summed E-state index contributed by atoms with van der Waals surface area (Å²) >= 11 is 0. The molecular weight excluding hydrogens is 310 g/mol. The number of fused-ring (bicyclic) bond motifs is 1. The van der Waals surface area contributed by atoms with E-state index in [1.165, 1.54) is 0 Å². The zero-order chi connectivity index (χ0) is 17.5. The first-order chi connectivity index (χ1) is 11.5. The Labute approximate surface area is 142 Å². The number of carboxylic acids is 1. The van der Waals surface area contributed by atoms with Gasteiger partial charge in [0, 0.05) is 11.8 Å². The first kappa shape index (κ1) is 18.8. The molecule has 0 spiro atoms. The Balaban J connectivity index is 1.78. The van der Waals surface area contributed by atoms with Crippen LogP contribution in [0.2, 0.25) is 0 Å². The van der Waals surface area contributed by atoms with Gasteiger partial charge < -0.3 is 20.2 Å². The highest BCUT2D eigenvalue weighted by Gasteiger charge is 2.51. The molecule has 0 aromatic heterocycles. The van der Waals surface area contributed by atoms with Crippen molar-refractivity contribution in [1.82, 2.24) is 0 Å². The molecule has 2 fully saturated rings. The minimum atomic E-state index is -0.911. The highest BCUT2D eigenvalue weighted by atomic mass is 16.6. The van der Waals surface area contributed by atoms with Crippen LogP contribution in [0.3, 0.4) is 0 Å². The number of rotatable bonds is 8. The van der Waals surface area contributed by atoms with Gasteiger partial charge in [-0.1, -0.05) is 36.8 Å². The average molecular weight is 337 g/mol. The van der Waals surface area contributed by atoms with E-state index >= 15 is 0 Å². The smallest absolute Gasteiger partial charge is 0.306 e. The Morgan fingerprint density at radius 1 is 1.46 bits per heavy atom. The average Bonchev–Trinajstić information content (AvgIpc) is 2.76. The Kier molecular flexibility index (Phi) is 7.07. The third-order valence-corrected chi connectivity index (χ3v) is 4.85. The van der Waals surface area contributed by atoms with Crippen molar-refractivity contribution in [2.75, 3.05) is 6.61 Å². The quantitative estimate of drug-likeness (QED) is 0.356. The van der Waals surface area contributed by atoms with Crippen LogP contribution in [0, 0.1) is 29.6 Å². The molecule has 2 aliphatic rings. The van der Waals surface area contributed by atoms with Crippen LogP contribution in [0.15, 0.2) is 5.16 Å². The zero-order valence-corrected chi connectivity index (χ0v) is 14.1. The van der Waals surface area contributed by atoms with E-state index in [2.05, 4.69) is 23.9 Å². The molecule has 3 N–H and O–H groups in total. The van der Waals surface area contributed by atoms with Gasteiger partial charge in [-0.3, -0.25) is 4.79 Å². The molecular formula is C18H27NO5. The topological polar surface area (TPSA) is 99.4 Å². The number of carbonyl (C=O) groups is 1. The molecule has 6 nitrogen and oxygen atoms in total. The van der Waals surface area contributed by atoms with E-state index in [1.807, 2.05) is 0 Å². The van der Waals surface area contributed by atoms with Crippen molar-refractivity contribution < 1.29 is 25.0 Å². The van der Waals surface area contributed by atoms with Crippen molar-refractivity contribution in [3.63, 3.8) is 0 Å². The van der Waals surface area contributed by atoms with Gasteiger partial charge in [-0.05, 0) is 31.6 Å². The van der Waals surface area contributed by atoms with E-state index in [0.717, 1.165) is 31.4 Å². The monoisotopic (exact) mass is 337 g/mol. The summed E-state index contributed by atoms with van der Waals surface area (Å²) in [6.07, 6.45) is 4.08. The maximum absolute atomic E-state index is 10.4. The Morgan fingerprint density at radius 3 is 2.96 bits per heavy atom. The molecule has 5 atom stereocenters. The number of aliphatic hydroxyl groups is 2. The number of oxime groups is 1. The number of aliphatic carboxylic acids is 1. The summed E-state index contributed by atoms with van der Waals surface area (Å²) in [6, 6.07) is 0. The first-order valence-electron chi connectivity index (χ1n) is 8.80. The molecule has 0 radical (unpaired) electrons. The fourth-order valence-electron chi connectivity index (χ4n) is 3.38. The van der Waals surface area contributed by atoms with E-state index in [-0.39, 0.29) is 30.8 Å². The van der Waals surface area contributed by atoms with Crippen molar-refractivity contribution in [3.05, 3.63) is 0 Å². The summed E-state index contributed by atoms with van der Waals surface area (Å²) in [5.74, 6) is 5.19. The summed E-state index contributed by atoms with van der Waals surface area (Å²) in [5, 5.41) is 32.7. The van der Waals surface area contributed by atoms with Crippen molar-refractivity contribution in [3.8, 4) is 11.8 Å². The first-order valence-corrected chi connectivity index (χ1v) is 8.80. The second-order valence-corrected chi connectivity index (χ2v) is 6.67. The van der Waals surface area contributed by atoms with Crippen LogP contribution in [0.25, 0.3) is 0 Å². The SMILES string of the molecule is CCCCCC(O)C#CC1CC2C(=NOCCC(=O)O)CC2C1O. The fraction of sp³-hybridized carbons (Fsp3) is 0.778. The lowest BCUT2D eigenvalue weighted by molar-refractivity contribution is -0.138. The summed E-state index contributed by atoms with van der Waals surface area (Å²) in [6.45, 7) is 2.18. The predicted molar refractivity (Wildman–Crippen MR) is 89.3 cm³/mol. The van der Waals surface area contributed by atoms with Crippen molar-refractivity contribution >= 4 is 11.7 Å². The third kappa shape index (κ3) is 4.96. The fourth-order valence-corrected chi connectivity index (χ4v) is 3.38. The zero-order valence-electron chi connectivity index (χ0n) is 14.1. The van der Waals surface area contributed by atoms with Crippen LogP contribution in [-0.2, 0) is 9.63 Å². The molecule has 6 heteroatoms. The van der Waals surface area contributed by atoms with E-state index < -0.39 is 18.2 Å². The minimum Gasteiger partial charge on any atom is -0.481 e. The van der Waals surface area contributed by atoms with Gasteiger partial charge in [0.25, 0.3) is 0 Å². The summed E-state index contributed by atoms with van der Waals surface area (Å²) < 4.78 is 0. The molecule has 0 bridgehead atoms. The van der Waals surface area contributed by atoms with Gasteiger partial charge in [0.05, 0.1) is 18.2 Å². The van der Waals surface area contributed by atoms with E-state index in [1.54, 1.807) is 0 Å². The van der Waals surface area contributed by atoms with E-state index in [4.69, 9.17) is 9.94 Å². The number of hydrogen-bond acceptors (Lipinski definition) is 5. The van der Waals surface area contributed by atoms with Gasteiger partial charge >= 0.3 is 5.97 Å². The van der Waals surface area contributed by atoms with Crippen molar-refractivity contribution in [2.24, 2.45) is 22.9 Å². The van der Waals surface area contributed by atoms with Gasteiger partial charge in [0.1, 0.15) is 12.7 Å². The van der Waals surface area contributed by atoms with Crippen LogP contribution in [0.4, 0.5) is 0 Å². The lowest BCUT2D eigenvalue weighted by Gasteiger charge is -2.33. The lowest BCUT2D eigenvalue weighted by Crippen LogP contribution is -2.38. The number of carboxylic acid groups (broad SMARTS) is 1. The molecule has 2 saturated carbocycles. The molecule has 2 aliphatic carbocycles. The molecule has 0 heterocycles. The van der Waals surface area contributed by atoms with Crippen LogP contribution >= 0.6 is 0 Å². The van der Waals surface area contributed by atoms with Gasteiger partial charge in [0.15, 0.2) is 0 Å². The van der Waals surface area contributed by atoms with Gasteiger partial charge in [-0.15, -0.1) is 0 Å².